The van der Waals surface area contributed by atoms with Gasteiger partial charge in [0.25, 0.3) is 0 Å². The molecule has 0 bridgehead atoms. The van der Waals surface area contributed by atoms with E-state index in [9.17, 15) is 0 Å². The number of hydrogen-bond donors (Lipinski definition) is 1. The molecular weight excluding hydrogens is 264 g/mol. The van der Waals surface area contributed by atoms with Crippen LogP contribution in [0.25, 0.3) is 0 Å². The minimum Gasteiger partial charge on any atom is -0.371 e. The second-order valence-electron chi connectivity index (χ2n) is 4.18. The van der Waals surface area contributed by atoms with E-state index < -0.39 is 0 Å². The molecule has 0 radical (unpaired) electrons. The predicted molar refractivity (Wildman–Crippen MR) is 75.1 cm³/mol. The summed E-state index contributed by atoms with van der Waals surface area (Å²) in [6.07, 6.45) is 1.15. The molecule has 2 nitrogen and oxygen atoms in total. The summed E-state index contributed by atoms with van der Waals surface area (Å²) in [5, 5.41) is 3.16. The molecule has 1 N–H and O–H groups in total. The fraction of sp³-hybridized carbons (Fsp3) is 0.538. The zero-order valence-electron chi connectivity index (χ0n) is 10.5. The minimum atomic E-state index is 0.562. The monoisotopic (exact) mass is 284 g/mol. The van der Waals surface area contributed by atoms with Crippen LogP contribution in [0.5, 0.6) is 0 Å². The Kier molecular flexibility index (Phi) is 5.29. The molecule has 90 valence electrons. The Morgan fingerprint density at radius 3 is 2.62 bits per heavy atom. The number of anilines is 1. The second kappa shape index (κ2) is 6.26. The lowest BCUT2D eigenvalue weighted by molar-refractivity contribution is 0.662. The van der Waals surface area contributed by atoms with E-state index in [2.05, 4.69) is 65.2 Å². The zero-order valence-corrected chi connectivity index (χ0v) is 12.1. The molecule has 0 saturated carbocycles. The summed E-state index contributed by atoms with van der Waals surface area (Å²) >= 11 is 3.65. The van der Waals surface area contributed by atoms with E-state index in [-0.39, 0.29) is 0 Å². The van der Waals surface area contributed by atoms with E-state index >= 15 is 0 Å². The van der Waals surface area contributed by atoms with Gasteiger partial charge in [-0.05, 0) is 54.0 Å². The molecule has 0 spiro atoms. The van der Waals surface area contributed by atoms with Crippen LogP contribution >= 0.6 is 15.9 Å². The Hall–Kier alpha value is -0.540. The zero-order chi connectivity index (χ0) is 12.1. The Bertz CT molecular complexity index is 339. The van der Waals surface area contributed by atoms with Crippen LogP contribution in [0.1, 0.15) is 25.8 Å². The highest BCUT2D eigenvalue weighted by molar-refractivity contribution is 9.10. The lowest BCUT2D eigenvalue weighted by atomic mass is 10.1. The van der Waals surface area contributed by atoms with Crippen molar-refractivity contribution < 1.29 is 0 Å². The molecule has 0 heterocycles. The number of rotatable bonds is 5. The highest BCUT2D eigenvalue weighted by Gasteiger charge is 2.11. The van der Waals surface area contributed by atoms with Gasteiger partial charge in [-0.15, -0.1) is 0 Å². The van der Waals surface area contributed by atoms with E-state index in [4.69, 9.17) is 0 Å². The second-order valence-corrected chi connectivity index (χ2v) is 5.04. The number of benzene rings is 1. The molecule has 0 aliphatic heterocycles. The van der Waals surface area contributed by atoms with E-state index in [1.165, 1.54) is 15.7 Å². The summed E-state index contributed by atoms with van der Waals surface area (Å²) < 4.78 is 1.17. The first kappa shape index (κ1) is 13.5. The van der Waals surface area contributed by atoms with Gasteiger partial charge in [0.2, 0.25) is 0 Å². The summed E-state index contributed by atoms with van der Waals surface area (Å²) in [7, 11) is 4.11. The van der Waals surface area contributed by atoms with Crippen LogP contribution in [0, 0.1) is 0 Å². The van der Waals surface area contributed by atoms with Gasteiger partial charge in [0.1, 0.15) is 0 Å². The first-order valence-electron chi connectivity index (χ1n) is 5.76. The van der Waals surface area contributed by atoms with Crippen molar-refractivity contribution in [3.05, 3.63) is 28.2 Å². The maximum atomic E-state index is 3.65. The van der Waals surface area contributed by atoms with Crippen molar-refractivity contribution in [2.75, 3.05) is 19.0 Å². The molecule has 0 fully saturated rings. The molecule has 0 aliphatic carbocycles. The quantitative estimate of drug-likeness (QED) is 0.892. The Morgan fingerprint density at radius 1 is 1.44 bits per heavy atom. The van der Waals surface area contributed by atoms with Crippen molar-refractivity contribution in [2.24, 2.45) is 0 Å². The number of nitrogens with one attached hydrogen (secondary N) is 1. The van der Waals surface area contributed by atoms with Crippen molar-refractivity contribution in [2.45, 2.75) is 32.9 Å². The van der Waals surface area contributed by atoms with Crippen LogP contribution in [0.4, 0.5) is 5.69 Å². The maximum Gasteiger partial charge on any atom is 0.0510 e. The third-order valence-corrected chi connectivity index (χ3v) is 3.66. The van der Waals surface area contributed by atoms with Gasteiger partial charge < -0.3 is 10.2 Å². The average Bonchev–Trinajstić information content (AvgIpc) is 2.28. The van der Waals surface area contributed by atoms with Gasteiger partial charge in [-0.2, -0.15) is 0 Å². The SMILES string of the molecule is CCC(C)N(C)c1ccc(CNC)cc1Br. The standard InChI is InChI=1S/C13H21BrN2/c1-5-10(2)16(4)13-7-6-11(9-15-3)8-12(13)14/h6-8,10,15H,5,9H2,1-4H3. The normalized spacial score (nSPS) is 12.6. The van der Waals surface area contributed by atoms with Crippen molar-refractivity contribution in [1.29, 1.82) is 0 Å². The molecule has 1 atom stereocenters. The molecule has 0 saturated heterocycles. The number of halogens is 1. The van der Waals surface area contributed by atoms with Crippen LogP contribution in [-0.2, 0) is 6.54 Å². The van der Waals surface area contributed by atoms with Gasteiger partial charge in [-0.3, -0.25) is 0 Å². The summed E-state index contributed by atoms with van der Waals surface area (Å²) in [5.74, 6) is 0. The third kappa shape index (κ3) is 3.22. The highest BCUT2D eigenvalue weighted by atomic mass is 79.9. The first-order chi connectivity index (χ1) is 7.60. The maximum absolute atomic E-state index is 3.65. The molecule has 0 aromatic heterocycles. The van der Waals surface area contributed by atoms with Crippen LogP contribution in [0.15, 0.2) is 22.7 Å². The lowest BCUT2D eigenvalue weighted by Crippen LogP contribution is -2.28. The number of hydrogen-bond acceptors (Lipinski definition) is 2. The fourth-order valence-corrected chi connectivity index (χ4v) is 2.37. The highest BCUT2D eigenvalue weighted by Crippen LogP contribution is 2.28. The van der Waals surface area contributed by atoms with E-state index in [0.717, 1.165) is 13.0 Å². The number of nitrogens with zero attached hydrogens (tertiary/aromatic N) is 1. The average molecular weight is 285 g/mol. The van der Waals surface area contributed by atoms with Crippen molar-refractivity contribution in [3.8, 4) is 0 Å². The van der Waals surface area contributed by atoms with Gasteiger partial charge >= 0.3 is 0 Å². The molecule has 1 aromatic rings. The smallest absolute Gasteiger partial charge is 0.0510 e. The molecular formula is C13H21BrN2. The van der Waals surface area contributed by atoms with Crippen LogP contribution < -0.4 is 10.2 Å². The first-order valence-corrected chi connectivity index (χ1v) is 6.55. The van der Waals surface area contributed by atoms with E-state index in [0.29, 0.717) is 6.04 Å². The van der Waals surface area contributed by atoms with Crippen molar-refractivity contribution in [3.63, 3.8) is 0 Å². The largest absolute Gasteiger partial charge is 0.371 e. The lowest BCUT2D eigenvalue weighted by Gasteiger charge is -2.27. The van der Waals surface area contributed by atoms with Gasteiger partial charge in [0.15, 0.2) is 0 Å². The topological polar surface area (TPSA) is 15.3 Å². The Labute approximate surface area is 107 Å². The summed E-state index contributed by atoms with van der Waals surface area (Å²) in [6.45, 7) is 5.37. The molecule has 1 aromatic carbocycles. The summed E-state index contributed by atoms with van der Waals surface area (Å²) in [4.78, 5) is 2.31. The van der Waals surface area contributed by atoms with Crippen LogP contribution in [0.2, 0.25) is 0 Å². The third-order valence-electron chi connectivity index (χ3n) is 3.02. The van der Waals surface area contributed by atoms with Gasteiger partial charge in [0, 0.05) is 24.1 Å². The van der Waals surface area contributed by atoms with Gasteiger partial charge in [-0.25, -0.2) is 0 Å². The Morgan fingerprint density at radius 2 is 2.12 bits per heavy atom. The molecule has 0 amide bonds. The Balaban J connectivity index is 2.89. The van der Waals surface area contributed by atoms with E-state index in [1.807, 2.05) is 7.05 Å². The van der Waals surface area contributed by atoms with Crippen molar-refractivity contribution in [1.82, 2.24) is 5.32 Å². The van der Waals surface area contributed by atoms with Crippen LogP contribution in [-0.4, -0.2) is 20.1 Å². The molecule has 1 unspecified atom stereocenters. The molecule has 16 heavy (non-hydrogen) atoms. The fourth-order valence-electron chi connectivity index (χ4n) is 1.66. The minimum absolute atomic E-state index is 0.562. The van der Waals surface area contributed by atoms with Gasteiger partial charge in [0.05, 0.1) is 5.69 Å². The van der Waals surface area contributed by atoms with Crippen LogP contribution in [0.3, 0.4) is 0 Å². The van der Waals surface area contributed by atoms with Crippen molar-refractivity contribution >= 4 is 21.6 Å². The molecule has 3 heteroatoms. The predicted octanol–water partition coefficient (Wildman–Crippen LogP) is 3.40. The van der Waals surface area contributed by atoms with Gasteiger partial charge in [-0.1, -0.05) is 13.0 Å². The summed E-state index contributed by atoms with van der Waals surface area (Å²) in [5.41, 5.74) is 2.56. The van der Waals surface area contributed by atoms with E-state index in [1.54, 1.807) is 0 Å². The molecule has 1 rings (SSSR count). The summed E-state index contributed by atoms with van der Waals surface area (Å²) in [6, 6.07) is 7.11. The molecule has 0 aliphatic rings.